The van der Waals surface area contributed by atoms with Crippen molar-refractivity contribution in [2.24, 2.45) is 11.3 Å². The number of rotatable bonds is 3. The lowest BCUT2D eigenvalue weighted by Crippen LogP contribution is -2.19. The maximum absolute atomic E-state index is 9.85. The minimum Gasteiger partial charge on any atom is -0.467 e. The molecule has 0 aliphatic heterocycles. The van der Waals surface area contributed by atoms with Crippen molar-refractivity contribution in [1.82, 2.24) is 0 Å². The molecule has 1 rings (SSSR count). The highest BCUT2D eigenvalue weighted by Gasteiger charge is 2.24. The number of aliphatic hydroxyl groups is 1. The SMILES string of the molecule is CC(CC(O)c1ccco1)C(C)(C)C. The van der Waals surface area contributed by atoms with Gasteiger partial charge in [-0.15, -0.1) is 0 Å². The van der Waals surface area contributed by atoms with E-state index >= 15 is 0 Å². The van der Waals surface area contributed by atoms with Gasteiger partial charge >= 0.3 is 0 Å². The zero-order valence-corrected chi connectivity index (χ0v) is 9.45. The van der Waals surface area contributed by atoms with E-state index in [0.717, 1.165) is 6.42 Å². The van der Waals surface area contributed by atoms with Crippen molar-refractivity contribution < 1.29 is 9.52 Å². The molecule has 0 aliphatic rings. The van der Waals surface area contributed by atoms with E-state index in [-0.39, 0.29) is 5.41 Å². The predicted octanol–water partition coefficient (Wildman–Crippen LogP) is 3.39. The van der Waals surface area contributed by atoms with E-state index in [9.17, 15) is 5.11 Å². The van der Waals surface area contributed by atoms with Crippen LogP contribution in [0.15, 0.2) is 22.8 Å². The van der Waals surface area contributed by atoms with E-state index in [1.807, 2.05) is 6.07 Å². The summed E-state index contributed by atoms with van der Waals surface area (Å²) in [6, 6.07) is 3.63. The molecule has 0 spiro atoms. The first-order valence-corrected chi connectivity index (χ1v) is 5.12. The van der Waals surface area contributed by atoms with Gasteiger partial charge in [0.05, 0.1) is 6.26 Å². The Balaban J connectivity index is 2.53. The summed E-state index contributed by atoms with van der Waals surface area (Å²) >= 11 is 0. The van der Waals surface area contributed by atoms with Crippen LogP contribution in [0.5, 0.6) is 0 Å². The van der Waals surface area contributed by atoms with Crippen LogP contribution in [0.1, 0.15) is 46.0 Å². The largest absolute Gasteiger partial charge is 0.467 e. The molecule has 2 unspecified atom stereocenters. The molecular formula is C12H20O2. The van der Waals surface area contributed by atoms with Crippen LogP contribution in [0, 0.1) is 11.3 Å². The lowest BCUT2D eigenvalue weighted by Gasteiger charge is -2.28. The van der Waals surface area contributed by atoms with Gasteiger partial charge in [-0.05, 0) is 29.9 Å². The number of hydrogen-bond acceptors (Lipinski definition) is 2. The molecule has 1 heterocycles. The van der Waals surface area contributed by atoms with Gasteiger partial charge in [0.15, 0.2) is 0 Å². The second-order valence-electron chi connectivity index (χ2n) is 5.03. The van der Waals surface area contributed by atoms with Gasteiger partial charge in [-0.1, -0.05) is 27.7 Å². The highest BCUT2D eigenvalue weighted by Crippen LogP contribution is 2.33. The average Bonchev–Trinajstić information content (AvgIpc) is 2.53. The molecule has 1 aromatic heterocycles. The van der Waals surface area contributed by atoms with Gasteiger partial charge in [0.1, 0.15) is 11.9 Å². The summed E-state index contributed by atoms with van der Waals surface area (Å²) < 4.78 is 5.16. The fourth-order valence-electron chi connectivity index (χ4n) is 1.29. The maximum Gasteiger partial charge on any atom is 0.132 e. The molecule has 0 radical (unpaired) electrons. The Morgan fingerprint density at radius 1 is 1.43 bits per heavy atom. The van der Waals surface area contributed by atoms with Crippen molar-refractivity contribution >= 4 is 0 Å². The quantitative estimate of drug-likeness (QED) is 0.804. The van der Waals surface area contributed by atoms with E-state index in [0.29, 0.717) is 11.7 Å². The van der Waals surface area contributed by atoms with Crippen LogP contribution in [0.4, 0.5) is 0 Å². The van der Waals surface area contributed by atoms with Crippen molar-refractivity contribution in [1.29, 1.82) is 0 Å². The Morgan fingerprint density at radius 2 is 2.07 bits per heavy atom. The number of hydrogen-bond donors (Lipinski definition) is 1. The summed E-state index contributed by atoms with van der Waals surface area (Å²) in [5, 5.41) is 9.85. The normalized spacial score (nSPS) is 16.6. The van der Waals surface area contributed by atoms with Gasteiger partial charge in [0, 0.05) is 0 Å². The van der Waals surface area contributed by atoms with E-state index in [2.05, 4.69) is 27.7 Å². The fourth-order valence-corrected chi connectivity index (χ4v) is 1.29. The van der Waals surface area contributed by atoms with Gasteiger partial charge in [-0.2, -0.15) is 0 Å². The van der Waals surface area contributed by atoms with Crippen LogP contribution in [0.25, 0.3) is 0 Å². The Labute approximate surface area is 85.9 Å². The summed E-state index contributed by atoms with van der Waals surface area (Å²) in [5.74, 6) is 1.13. The highest BCUT2D eigenvalue weighted by molar-refractivity contribution is 5.02. The Hall–Kier alpha value is -0.760. The molecule has 2 heteroatoms. The van der Waals surface area contributed by atoms with Crippen LogP contribution in [-0.2, 0) is 0 Å². The van der Waals surface area contributed by atoms with Crippen molar-refractivity contribution in [2.75, 3.05) is 0 Å². The zero-order chi connectivity index (χ0) is 10.8. The van der Waals surface area contributed by atoms with Crippen LogP contribution in [0.2, 0.25) is 0 Å². The van der Waals surface area contributed by atoms with Crippen molar-refractivity contribution in [3.63, 3.8) is 0 Å². The predicted molar refractivity (Wildman–Crippen MR) is 56.9 cm³/mol. The van der Waals surface area contributed by atoms with Crippen molar-refractivity contribution in [3.8, 4) is 0 Å². The molecule has 0 aliphatic carbocycles. The van der Waals surface area contributed by atoms with E-state index < -0.39 is 6.10 Å². The first kappa shape index (κ1) is 11.3. The minimum atomic E-state index is -0.473. The molecule has 2 atom stereocenters. The molecule has 0 amide bonds. The maximum atomic E-state index is 9.85. The molecule has 0 aromatic carbocycles. The molecule has 1 N–H and O–H groups in total. The molecule has 0 saturated heterocycles. The molecule has 0 bridgehead atoms. The summed E-state index contributed by atoms with van der Waals surface area (Å²) in [6.07, 6.45) is 1.87. The lowest BCUT2D eigenvalue weighted by molar-refractivity contribution is 0.0925. The van der Waals surface area contributed by atoms with Crippen LogP contribution in [-0.4, -0.2) is 5.11 Å². The monoisotopic (exact) mass is 196 g/mol. The molecule has 0 saturated carbocycles. The Morgan fingerprint density at radius 3 is 2.50 bits per heavy atom. The van der Waals surface area contributed by atoms with E-state index in [1.54, 1.807) is 12.3 Å². The van der Waals surface area contributed by atoms with Crippen LogP contribution >= 0.6 is 0 Å². The van der Waals surface area contributed by atoms with Gasteiger partial charge in [0.25, 0.3) is 0 Å². The third-order valence-electron chi connectivity index (χ3n) is 2.93. The average molecular weight is 196 g/mol. The molecule has 0 fully saturated rings. The minimum absolute atomic E-state index is 0.230. The van der Waals surface area contributed by atoms with Crippen LogP contribution in [0.3, 0.4) is 0 Å². The Bertz CT molecular complexity index is 256. The molecule has 2 nitrogen and oxygen atoms in total. The van der Waals surface area contributed by atoms with E-state index in [4.69, 9.17) is 4.42 Å². The van der Waals surface area contributed by atoms with Gasteiger partial charge < -0.3 is 9.52 Å². The molecule has 80 valence electrons. The summed E-state index contributed by atoms with van der Waals surface area (Å²) in [5.41, 5.74) is 0.230. The second-order valence-corrected chi connectivity index (χ2v) is 5.03. The zero-order valence-electron chi connectivity index (χ0n) is 9.45. The molecular weight excluding hydrogens is 176 g/mol. The van der Waals surface area contributed by atoms with Crippen molar-refractivity contribution in [2.45, 2.75) is 40.2 Å². The smallest absolute Gasteiger partial charge is 0.132 e. The third-order valence-corrected chi connectivity index (χ3v) is 2.93. The highest BCUT2D eigenvalue weighted by atomic mass is 16.4. The van der Waals surface area contributed by atoms with Gasteiger partial charge in [-0.3, -0.25) is 0 Å². The summed E-state index contributed by atoms with van der Waals surface area (Å²) in [4.78, 5) is 0. The third kappa shape index (κ3) is 2.88. The van der Waals surface area contributed by atoms with Gasteiger partial charge in [-0.25, -0.2) is 0 Å². The fraction of sp³-hybridized carbons (Fsp3) is 0.667. The Kier molecular flexibility index (Phi) is 3.38. The number of aliphatic hydroxyl groups excluding tert-OH is 1. The van der Waals surface area contributed by atoms with E-state index in [1.165, 1.54) is 0 Å². The number of furan rings is 1. The lowest BCUT2D eigenvalue weighted by atomic mass is 9.79. The first-order chi connectivity index (χ1) is 6.41. The standard InChI is InChI=1S/C12H20O2/c1-9(12(2,3)4)8-10(13)11-6-5-7-14-11/h5-7,9-10,13H,8H2,1-4H3. The summed E-state index contributed by atoms with van der Waals surface area (Å²) in [7, 11) is 0. The van der Waals surface area contributed by atoms with Crippen LogP contribution < -0.4 is 0 Å². The topological polar surface area (TPSA) is 33.4 Å². The molecule has 1 aromatic rings. The molecule has 14 heavy (non-hydrogen) atoms. The summed E-state index contributed by atoms with van der Waals surface area (Å²) in [6.45, 7) is 8.72. The van der Waals surface area contributed by atoms with Gasteiger partial charge in [0.2, 0.25) is 0 Å². The second kappa shape index (κ2) is 4.18. The first-order valence-electron chi connectivity index (χ1n) is 5.12. The van der Waals surface area contributed by atoms with Crippen molar-refractivity contribution in [3.05, 3.63) is 24.2 Å².